The van der Waals surface area contributed by atoms with Crippen LogP contribution in [0.5, 0.6) is 0 Å². The van der Waals surface area contributed by atoms with E-state index in [0.717, 1.165) is 59.7 Å². The van der Waals surface area contributed by atoms with Crippen LogP contribution in [0.4, 0.5) is 0 Å². The molecule has 0 bridgehead atoms. The molecule has 1 atom stereocenters. The Morgan fingerprint density at radius 1 is 1.16 bits per heavy atom. The first kappa shape index (κ1) is 21.3. The van der Waals surface area contributed by atoms with Gasteiger partial charge in [-0.15, -0.1) is 21.5 Å². The molecule has 0 saturated carbocycles. The lowest BCUT2D eigenvalue weighted by Gasteiger charge is -2.28. The van der Waals surface area contributed by atoms with E-state index in [2.05, 4.69) is 33.9 Å². The monoisotopic (exact) mass is 468 g/mol. The molecular weight excluding hydrogens is 444 g/mol. The summed E-state index contributed by atoms with van der Waals surface area (Å²) in [4.78, 5) is 21.5. The van der Waals surface area contributed by atoms with Crippen molar-refractivity contribution in [1.29, 1.82) is 0 Å². The van der Waals surface area contributed by atoms with Crippen LogP contribution < -0.4 is 5.32 Å². The van der Waals surface area contributed by atoms with Crippen LogP contribution in [0.25, 0.3) is 5.00 Å². The van der Waals surface area contributed by atoms with E-state index in [1.54, 1.807) is 11.3 Å². The third kappa shape index (κ3) is 3.66. The van der Waals surface area contributed by atoms with Gasteiger partial charge in [-0.05, 0) is 38.5 Å². The van der Waals surface area contributed by atoms with Crippen molar-refractivity contribution >= 4 is 34.6 Å². The molecule has 1 unspecified atom stereocenters. The Hall–Kier alpha value is -2.55. The van der Waals surface area contributed by atoms with Crippen molar-refractivity contribution in [3.8, 4) is 5.00 Å². The SMILES string of the molecule is Cc1sc2c(c1C)C(c1ccc(Cl)cc1)=NC(CC(=O)N1CCNCC1)c1nnc(C)n1-2. The van der Waals surface area contributed by atoms with Gasteiger partial charge in [0.25, 0.3) is 0 Å². The standard InChI is InChI=1S/C23H25ClN6OS/c1-13-14(2)32-23-20(13)21(16-4-6-17(24)7-5-16)26-18(22-28-27-15(3)30(22)23)12-19(31)29-10-8-25-9-11-29/h4-7,18,25H,8-12H2,1-3H3. The first-order valence-electron chi connectivity index (χ1n) is 10.8. The quantitative estimate of drug-likeness (QED) is 0.637. The number of nitrogens with zero attached hydrogens (tertiary/aromatic N) is 5. The molecular formula is C23H25ClN6OS. The highest BCUT2D eigenvalue weighted by molar-refractivity contribution is 7.15. The molecule has 7 nitrogen and oxygen atoms in total. The Labute approximate surface area is 196 Å². The first-order valence-corrected chi connectivity index (χ1v) is 12.0. The number of rotatable bonds is 3. The molecule has 1 amide bonds. The summed E-state index contributed by atoms with van der Waals surface area (Å²) in [6, 6.07) is 7.33. The van der Waals surface area contributed by atoms with Crippen molar-refractivity contribution in [3.05, 3.63) is 62.5 Å². The molecule has 0 aliphatic carbocycles. The lowest BCUT2D eigenvalue weighted by Crippen LogP contribution is -2.46. The summed E-state index contributed by atoms with van der Waals surface area (Å²) in [6.07, 6.45) is 0.266. The number of fused-ring (bicyclic) bond motifs is 3. The minimum absolute atomic E-state index is 0.0982. The second kappa shape index (κ2) is 8.42. The van der Waals surface area contributed by atoms with E-state index in [1.165, 1.54) is 10.4 Å². The molecule has 2 aliphatic heterocycles. The smallest absolute Gasteiger partial charge is 0.225 e. The normalized spacial score (nSPS) is 18.1. The molecule has 2 aromatic heterocycles. The number of piperazine rings is 1. The van der Waals surface area contributed by atoms with Crippen molar-refractivity contribution in [1.82, 2.24) is 25.0 Å². The Morgan fingerprint density at radius 3 is 2.59 bits per heavy atom. The number of aliphatic imine (C=N–C) groups is 1. The molecule has 1 aromatic carbocycles. The lowest BCUT2D eigenvalue weighted by molar-refractivity contribution is -0.132. The number of amides is 1. The van der Waals surface area contributed by atoms with E-state index in [-0.39, 0.29) is 12.3 Å². The highest BCUT2D eigenvalue weighted by Crippen LogP contribution is 2.39. The number of thiophene rings is 1. The van der Waals surface area contributed by atoms with E-state index in [9.17, 15) is 4.79 Å². The summed E-state index contributed by atoms with van der Waals surface area (Å²) in [5.74, 6) is 1.62. The van der Waals surface area contributed by atoms with Crippen LogP contribution in [0.1, 0.15) is 45.7 Å². The molecule has 9 heteroatoms. The third-order valence-corrected chi connectivity index (χ3v) is 7.64. The predicted octanol–water partition coefficient (Wildman–Crippen LogP) is 3.62. The zero-order chi connectivity index (χ0) is 22.4. The maximum absolute atomic E-state index is 13.2. The molecule has 2 aliphatic rings. The second-order valence-corrected chi connectivity index (χ2v) is 9.88. The number of carbonyl (C=O) groups excluding carboxylic acids is 1. The van der Waals surface area contributed by atoms with E-state index >= 15 is 0 Å². The number of carbonyl (C=O) groups is 1. The molecule has 1 fully saturated rings. The van der Waals surface area contributed by atoms with Crippen LogP contribution in [-0.2, 0) is 4.79 Å². The average molecular weight is 469 g/mol. The highest BCUT2D eigenvalue weighted by atomic mass is 35.5. The van der Waals surface area contributed by atoms with Crippen molar-refractivity contribution in [3.63, 3.8) is 0 Å². The molecule has 3 aromatic rings. The predicted molar refractivity (Wildman–Crippen MR) is 127 cm³/mol. The van der Waals surface area contributed by atoms with Crippen LogP contribution in [0.15, 0.2) is 29.3 Å². The summed E-state index contributed by atoms with van der Waals surface area (Å²) in [5.41, 5.74) is 4.12. The maximum Gasteiger partial charge on any atom is 0.225 e. The van der Waals surface area contributed by atoms with Gasteiger partial charge in [-0.1, -0.05) is 23.7 Å². The third-order valence-electron chi connectivity index (χ3n) is 6.19. The molecule has 0 spiro atoms. The molecule has 5 rings (SSSR count). The highest BCUT2D eigenvalue weighted by Gasteiger charge is 2.33. The van der Waals surface area contributed by atoms with Gasteiger partial charge in [0.1, 0.15) is 16.9 Å². The number of hydrogen-bond donors (Lipinski definition) is 1. The fourth-order valence-electron chi connectivity index (χ4n) is 4.34. The van der Waals surface area contributed by atoms with E-state index in [4.69, 9.17) is 16.6 Å². The summed E-state index contributed by atoms with van der Waals surface area (Å²) in [5, 5.41) is 13.9. The number of aromatic nitrogens is 3. The zero-order valence-electron chi connectivity index (χ0n) is 18.4. The van der Waals surface area contributed by atoms with Gasteiger partial charge in [0.2, 0.25) is 5.91 Å². The molecule has 0 radical (unpaired) electrons. The molecule has 1 saturated heterocycles. The van der Waals surface area contributed by atoms with Gasteiger partial charge >= 0.3 is 0 Å². The molecule has 32 heavy (non-hydrogen) atoms. The van der Waals surface area contributed by atoms with Crippen LogP contribution in [0, 0.1) is 20.8 Å². The van der Waals surface area contributed by atoms with Gasteiger partial charge in [0.05, 0.1) is 12.1 Å². The van der Waals surface area contributed by atoms with Crippen molar-refractivity contribution in [2.24, 2.45) is 4.99 Å². The summed E-state index contributed by atoms with van der Waals surface area (Å²) < 4.78 is 2.09. The molecule has 4 heterocycles. The molecule has 1 N–H and O–H groups in total. The topological polar surface area (TPSA) is 75.4 Å². The average Bonchev–Trinajstić information content (AvgIpc) is 3.27. The van der Waals surface area contributed by atoms with Crippen LogP contribution >= 0.6 is 22.9 Å². The maximum atomic E-state index is 13.2. The van der Waals surface area contributed by atoms with Crippen LogP contribution in [0.3, 0.4) is 0 Å². The van der Waals surface area contributed by atoms with Crippen LogP contribution in [-0.4, -0.2) is 57.5 Å². The minimum Gasteiger partial charge on any atom is -0.340 e. The van der Waals surface area contributed by atoms with Gasteiger partial charge in [-0.25, -0.2) is 0 Å². The van der Waals surface area contributed by atoms with Crippen molar-refractivity contribution in [2.75, 3.05) is 26.2 Å². The molecule has 166 valence electrons. The fraction of sp³-hybridized carbons (Fsp3) is 0.391. The fourth-order valence-corrected chi connectivity index (χ4v) is 5.68. The second-order valence-electron chi connectivity index (χ2n) is 8.24. The Balaban J connectivity index is 1.66. The first-order chi connectivity index (χ1) is 15.4. The number of halogens is 1. The van der Waals surface area contributed by atoms with Gasteiger partial charge in [-0.2, -0.15) is 0 Å². The summed E-state index contributed by atoms with van der Waals surface area (Å²) in [6.45, 7) is 9.28. The number of benzene rings is 1. The van der Waals surface area contributed by atoms with E-state index in [0.29, 0.717) is 5.02 Å². The Morgan fingerprint density at radius 2 is 1.88 bits per heavy atom. The lowest BCUT2D eigenvalue weighted by atomic mass is 9.99. The van der Waals surface area contributed by atoms with Crippen molar-refractivity contribution < 1.29 is 4.79 Å². The van der Waals surface area contributed by atoms with Gasteiger partial charge < -0.3 is 10.2 Å². The van der Waals surface area contributed by atoms with E-state index in [1.807, 2.05) is 36.1 Å². The minimum atomic E-state index is -0.413. The summed E-state index contributed by atoms with van der Waals surface area (Å²) in [7, 11) is 0. The van der Waals surface area contributed by atoms with Crippen LogP contribution in [0.2, 0.25) is 5.02 Å². The number of hydrogen-bond acceptors (Lipinski definition) is 6. The largest absolute Gasteiger partial charge is 0.340 e. The van der Waals surface area contributed by atoms with Gasteiger partial charge in [0, 0.05) is 47.2 Å². The van der Waals surface area contributed by atoms with E-state index < -0.39 is 6.04 Å². The zero-order valence-corrected chi connectivity index (χ0v) is 19.9. The number of aryl methyl sites for hydroxylation is 2. The van der Waals surface area contributed by atoms with Crippen molar-refractivity contribution in [2.45, 2.75) is 33.2 Å². The summed E-state index contributed by atoms with van der Waals surface area (Å²) >= 11 is 7.88. The Kier molecular flexibility index (Phi) is 5.61. The van der Waals surface area contributed by atoms with Gasteiger partial charge in [-0.3, -0.25) is 14.4 Å². The Bertz CT molecular complexity index is 1210. The van der Waals surface area contributed by atoms with Gasteiger partial charge in [0.15, 0.2) is 5.82 Å². The number of nitrogens with one attached hydrogen (secondary N) is 1.